The lowest BCUT2D eigenvalue weighted by Crippen LogP contribution is -2.29. The number of nitrogens with zero attached hydrogens (tertiary/aromatic N) is 2. The Morgan fingerprint density at radius 2 is 2.11 bits per heavy atom. The van der Waals surface area contributed by atoms with Gasteiger partial charge in [0.1, 0.15) is 0 Å². The predicted octanol–water partition coefficient (Wildman–Crippen LogP) is 0.569. The zero-order chi connectivity index (χ0) is 13.6. The van der Waals surface area contributed by atoms with Crippen LogP contribution in [-0.4, -0.2) is 37.1 Å². The smallest absolute Gasteiger partial charge is 0.259 e. The number of hydrogen-bond acceptors (Lipinski definition) is 4. The third-order valence-corrected chi connectivity index (χ3v) is 3.79. The lowest BCUT2D eigenvalue weighted by molar-refractivity contribution is 0.553. The van der Waals surface area contributed by atoms with Gasteiger partial charge in [0.25, 0.3) is 10.0 Å². The van der Waals surface area contributed by atoms with Gasteiger partial charge in [0.2, 0.25) is 0 Å². The summed E-state index contributed by atoms with van der Waals surface area (Å²) >= 11 is 0. The molecule has 0 atom stereocenters. The lowest BCUT2D eigenvalue weighted by atomic mass is 10.3. The van der Waals surface area contributed by atoms with Crippen molar-refractivity contribution in [1.82, 2.24) is 19.6 Å². The number of nitrogens with one attached hydrogen (secondary N) is 2. The van der Waals surface area contributed by atoms with Gasteiger partial charge in [-0.05, 0) is 19.9 Å². The molecule has 0 spiro atoms. The van der Waals surface area contributed by atoms with Crippen LogP contribution in [0.15, 0.2) is 17.6 Å². The van der Waals surface area contributed by atoms with E-state index in [9.17, 15) is 8.42 Å². The molecule has 0 unspecified atom stereocenters. The minimum atomic E-state index is -3.46. The molecule has 0 aliphatic carbocycles. The van der Waals surface area contributed by atoms with E-state index in [1.165, 1.54) is 12.5 Å². The topological polar surface area (TPSA) is 76.0 Å². The molecular weight excluding hydrogens is 252 g/mol. The molecule has 0 aliphatic heterocycles. The largest absolute Gasteiger partial charge is 0.336 e. The maximum absolute atomic E-state index is 11.9. The number of imidazole rings is 1. The molecule has 0 bridgehead atoms. The van der Waals surface area contributed by atoms with Crippen LogP contribution < -0.4 is 10.0 Å². The Labute approximate surface area is 109 Å². The van der Waals surface area contributed by atoms with Crippen LogP contribution in [0, 0.1) is 0 Å². The molecule has 6 nitrogen and oxygen atoms in total. The van der Waals surface area contributed by atoms with E-state index in [1.54, 1.807) is 4.57 Å². The van der Waals surface area contributed by atoms with E-state index in [1.807, 2.05) is 6.92 Å². The summed E-state index contributed by atoms with van der Waals surface area (Å²) in [6.07, 6.45) is 3.81. The molecule has 1 rings (SSSR count). The zero-order valence-electron chi connectivity index (χ0n) is 11.2. The van der Waals surface area contributed by atoms with Crippen LogP contribution >= 0.6 is 0 Å². The Hall–Kier alpha value is -0.920. The fourth-order valence-corrected chi connectivity index (χ4v) is 2.43. The van der Waals surface area contributed by atoms with Crippen molar-refractivity contribution in [2.75, 3.05) is 13.1 Å². The molecule has 0 saturated heterocycles. The monoisotopic (exact) mass is 274 g/mol. The van der Waals surface area contributed by atoms with E-state index < -0.39 is 10.0 Å². The molecule has 0 saturated carbocycles. The first-order valence-corrected chi connectivity index (χ1v) is 7.69. The molecule has 1 heterocycles. The standard InChI is InChI=1S/C11H22N4O2S/c1-4-15-8-11(13-9-15)18(16,17)14-7-5-6-12-10(2)3/h8-10,12,14H,4-7H2,1-3H3. The number of rotatable bonds is 8. The van der Waals surface area contributed by atoms with Crippen molar-refractivity contribution >= 4 is 10.0 Å². The van der Waals surface area contributed by atoms with Gasteiger partial charge in [-0.3, -0.25) is 0 Å². The van der Waals surface area contributed by atoms with Crippen molar-refractivity contribution < 1.29 is 8.42 Å². The van der Waals surface area contributed by atoms with Crippen LogP contribution in [-0.2, 0) is 16.6 Å². The van der Waals surface area contributed by atoms with Crippen molar-refractivity contribution in [2.24, 2.45) is 0 Å². The van der Waals surface area contributed by atoms with Crippen molar-refractivity contribution in [1.29, 1.82) is 0 Å². The van der Waals surface area contributed by atoms with E-state index in [4.69, 9.17) is 0 Å². The van der Waals surface area contributed by atoms with Gasteiger partial charge < -0.3 is 9.88 Å². The second-order valence-corrected chi connectivity index (χ2v) is 6.12. The molecule has 104 valence electrons. The highest BCUT2D eigenvalue weighted by atomic mass is 32.2. The normalized spacial score (nSPS) is 12.2. The van der Waals surface area contributed by atoms with E-state index >= 15 is 0 Å². The SMILES string of the molecule is CCn1cnc(S(=O)(=O)NCCCNC(C)C)c1. The summed E-state index contributed by atoms with van der Waals surface area (Å²) in [6, 6.07) is 0.418. The van der Waals surface area contributed by atoms with Crippen LogP contribution in [0.3, 0.4) is 0 Å². The minimum absolute atomic E-state index is 0.0844. The molecule has 18 heavy (non-hydrogen) atoms. The van der Waals surface area contributed by atoms with Gasteiger partial charge in [-0.15, -0.1) is 0 Å². The van der Waals surface area contributed by atoms with E-state index in [0.29, 0.717) is 19.1 Å². The van der Waals surface area contributed by atoms with Crippen LogP contribution in [0.25, 0.3) is 0 Å². The number of aromatic nitrogens is 2. The maximum Gasteiger partial charge on any atom is 0.259 e. The van der Waals surface area contributed by atoms with Gasteiger partial charge in [-0.1, -0.05) is 13.8 Å². The number of hydrogen-bond donors (Lipinski definition) is 2. The first kappa shape index (κ1) is 15.1. The van der Waals surface area contributed by atoms with Gasteiger partial charge in [0.15, 0.2) is 5.03 Å². The Morgan fingerprint density at radius 3 is 2.67 bits per heavy atom. The predicted molar refractivity (Wildman–Crippen MR) is 70.8 cm³/mol. The Balaban J connectivity index is 2.40. The number of aryl methyl sites for hydroxylation is 1. The Morgan fingerprint density at radius 1 is 1.39 bits per heavy atom. The fourth-order valence-electron chi connectivity index (χ4n) is 1.41. The number of sulfonamides is 1. The second-order valence-electron chi connectivity index (χ2n) is 4.40. The van der Waals surface area contributed by atoms with Crippen molar-refractivity contribution in [2.45, 2.75) is 44.8 Å². The molecule has 0 aromatic carbocycles. The fraction of sp³-hybridized carbons (Fsp3) is 0.727. The van der Waals surface area contributed by atoms with Crippen LogP contribution in [0.4, 0.5) is 0 Å². The zero-order valence-corrected chi connectivity index (χ0v) is 12.0. The molecule has 0 amide bonds. The van der Waals surface area contributed by atoms with Crippen LogP contribution in [0.2, 0.25) is 0 Å². The summed E-state index contributed by atoms with van der Waals surface area (Å²) in [6.45, 7) is 7.97. The Bertz CT molecular complexity index is 453. The third-order valence-electron chi connectivity index (χ3n) is 2.45. The molecule has 0 aliphatic rings. The van der Waals surface area contributed by atoms with Gasteiger partial charge in [-0.2, -0.15) is 0 Å². The van der Waals surface area contributed by atoms with Crippen LogP contribution in [0.1, 0.15) is 27.2 Å². The molecule has 0 fully saturated rings. The molecule has 0 radical (unpaired) electrons. The van der Waals surface area contributed by atoms with Gasteiger partial charge in [0, 0.05) is 25.3 Å². The summed E-state index contributed by atoms with van der Waals surface area (Å²) in [7, 11) is -3.46. The second kappa shape index (κ2) is 6.86. The van der Waals surface area contributed by atoms with E-state index in [0.717, 1.165) is 13.0 Å². The van der Waals surface area contributed by atoms with Gasteiger partial charge >= 0.3 is 0 Å². The molecular formula is C11H22N4O2S. The average Bonchev–Trinajstić information content (AvgIpc) is 2.77. The minimum Gasteiger partial charge on any atom is -0.336 e. The maximum atomic E-state index is 11.9. The van der Waals surface area contributed by atoms with Gasteiger partial charge in [-0.25, -0.2) is 18.1 Å². The first-order valence-electron chi connectivity index (χ1n) is 6.20. The quantitative estimate of drug-likeness (QED) is 0.680. The summed E-state index contributed by atoms with van der Waals surface area (Å²) in [5, 5.41) is 3.31. The summed E-state index contributed by atoms with van der Waals surface area (Å²) in [4.78, 5) is 3.88. The van der Waals surface area contributed by atoms with Crippen molar-refractivity contribution in [3.05, 3.63) is 12.5 Å². The third kappa shape index (κ3) is 4.75. The highest BCUT2D eigenvalue weighted by Gasteiger charge is 2.16. The molecule has 2 N–H and O–H groups in total. The van der Waals surface area contributed by atoms with Crippen LogP contribution in [0.5, 0.6) is 0 Å². The molecule has 7 heteroatoms. The average molecular weight is 274 g/mol. The summed E-state index contributed by atoms with van der Waals surface area (Å²) in [5.74, 6) is 0. The van der Waals surface area contributed by atoms with E-state index in [-0.39, 0.29) is 5.03 Å². The lowest BCUT2D eigenvalue weighted by Gasteiger charge is -2.08. The summed E-state index contributed by atoms with van der Waals surface area (Å²) < 4.78 is 28.0. The Kier molecular flexibility index (Phi) is 5.77. The van der Waals surface area contributed by atoms with Gasteiger partial charge in [0.05, 0.1) is 6.33 Å². The molecule has 1 aromatic heterocycles. The first-order chi connectivity index (χ1) is 8.45. The highest BCUT2D eigenvalue weighted by Crippen LogP contribution is 2.04. The summed E-state index contributed by atoms with van der Waals surface area (Å²) in [5.41, 5.74) is 0. The van der Waals surface area contributed by atoms with Crippen molar-refractivity contribution in [3.8, 4) is 0 Å². The van der Waals surface area contributed by atoms with E-state index in [2.05, 4.69) is 28.9 Å². The molecule has 1 aromatic rings. The highest BCUT2D eigenvalue weighted by molar-refractivity contribution is 7.89. The van der Waals surface area contributed by atoms with Crippen molar-refractivity contribution in [3.63, 3.8) is 0 Å².